The van der Waals surface area contributed by atoms with Crippen LogP contribution in [0.2, 0.25) is 0 Å². The van der Waals surface area contributed by atoms with Gasteiger partial charge in [-0.3, -0.25) is 9.89 Å². The molecule has 5 rings (SSSR count). The lowest BCUT2D eigenvalue weighted by Gasteiger charge is -2.16. The van der Waals surface area contributed by atoms with Gasteiger partial charge in [0, 0.05) is 37.0 Å². The third-order valence-corrected chi connectivity index (χ3v) is 4.73. The Morgan fingerprint density at radius 2 is 1.90 bits per heavy atom. The molecule has 0 atom stereocenters. The molecule has 0 amide bonds. The molecule has 1 aliphatic carbocycles. The highest BCUT2D eigenvalue weighted by atomic mass is 16.5. The minimum absolute atomic E-state index is 0.375. The van der Waals surface area contributed by atoms with E-state index in [9.17, 15) is 0 Å². The van der Waals surface area contributed by atoms with E-state index < -0.39 is 0 Å². The van der Waals surface area contributed by atoms with Gasteiger partial charge in [-0.25, -0.2) is 4.52 Å². The van der Waals surface area contributed by atoms with E-state index in [2.05, 4.69) is 62.0 Å². The fourth-order valence-electron chi connectivity index (χ4n) is 3.19. The number of rotatable bonds is 5. The number of fused-ring (bicyclic) bond motifs is 1. The van der Waals surface area contributed by atoms with Gasteiger partial charge in [-0.15, -0.1) is 30.8 Å². The second-order valence-corrected chi connectivity index (χ2v) is 6.73. The molecule has 1 saturated heterocycles. The highest BCUT2D eigenvalue weighted by Crippen LogP contribution is 2.39. The number of terminal acetylenes is 2. The molecule has 1 saturated carbocycles. The summed E-state index contributed by atoms with van der Waals surface area (Å²) in [5.41, 5.74) is 2.18. The summed E-state index contributed by atoms with van der Waals surface area (Å²) < 4.78 is 5.75. The standard InChI is InChI=1S/C16H19N7.C2H4O2.2C2H2/c1-2-8-22(7-1)16-18-15(13-4-3-9-23(13)21-16)17-14-10-12(19-20-14)11-5-6-11;1-4-2-3;2*1-2/h3-4,9-11H,1-2,5-8H2,(H2,17,18,19,20,21);2H,1H3;2*1-2H. The quantitative estimate of drug-likeness (QED) is 0.482. The SMILES string of the molecule is C#C.C#C.COC=O.c1cc2c(Nc3cc(C4CC4)[nH]n3)nc(N3CCCC3)nn2c1. The van der Waals surface area contributed by atoms with Crippen molar-refractivity contribution < 1.29 is 9.53 Å². The smallest absolute Gasteiger partial charge is 0.292 e. The number of nitrogens with zero attached hydrogens (tertiary/aromatic N) is 5. The Hall–Kier alpha value is -3.98. The monoisotopic (exact) mass is 421 g/mol. The van der Waals surface area contributed by atoms with Crippen molar-refractivity contribution in [1.82, 2.24) is 24.8 Å². The van der Waals surface area contributed by atoms with Gasteiger partial charge >= 0.3 is 0 Å². The number of ether oxygens (including phenoxy) is 1. The molecule has 0 unspecified atom stereocenters. The van der Waals surface area contributed by atoms with Crippen molar-refractivity contribution in [2.45, 2.75) is 31.6 Å². The molecule has 9 nitrogen and oxygen atoms in total. The van der Waals surface area contributed by atoms with Gasteiger partial charge in [0.1, 0.15) is 5.52 Å². The largest absolute Gasteiger partial charge is 0.471 e. The summed E-state index contributed by atoms with van der Waals surface area (Å²) >= 11 is 0. The highest BCUT2D eigenvalue weighted by molar-refractivity contribution is 5.73. The van der Waals surface area contributed by atoms with Crippen LogP contribution in [0.15, 0.2) is 24.4 Å². The molecule has 0 spiro atoms. The van der Waals surface area contributed by atoms with Crippen LogP contribution in [-0.2, 0) is 9.53 Å². The molecule has 3 aromatic heterocycles. The van der Waals surface area contributed by atoms with E-state index in [1.54, 1.807) is 0 Å². The number of carbonyl (C=O) groups is 1. The third-order valence-electron chi connectivity index (χ3n) is 4.73. The van der Waals surface area contributed by atoms with Gasteiger partial charge in [0.15, 0.2) is 11.6 Å². The molecule has 9 heteroatoms. The highest BCUT2D eigenvalue weighted by Gasteiger charge is 2.25. The fraction of sp³-hybridized carbons (Fsp3) is 0.364. The van der Waals surface area contributed by atoms with E-state index in [0.717, 1.165) is 36.2 Å². The fourth-order valence-corrected chi connectivity index (χ4v) is 3.19. The second-order valence-electron chi connectivity index (χ2n) is 6.73. The van der Waals surface area contributed by atoms with Gasteiger partial charge in [0.05, 0.1) is 7.11 Å². The molecule has 162 valence electrons. The van der Waals surface area contributed by atoms with Gasteiger partial charge in [-0.05, 0) is 37.8 Å². The van der Waals surface area contributed by atoms with Gasteiger partial charge < -0.3 is 15.0 Å². The number of hydrogen-bond donors (Lipinski definition) is 2. The summed E-state index contributed by atoms with van der Waals surface area (Å²) in [6.45, 7) is 2.43. The lowest BCUT2D eigenvalue weighted by Crippen LogP contribution is -2.22. The zero-order valence-corrected chi connectivity index (χ0v) is 17.6. The zero-order chi connectivity index (χ0) is 22.6. The Bertz CT molecular complexity index is 989. The van der Waals surface area contributed by atoms with Crippen LogP contribution in [0, 0.1) is 25.7 Å². The number of anilines is 3. The Morgan fingerprint density at radius 1 is 1.23 bits per heavy atom. The first-order chi connectivity index (χ1) is 15.3. The lowest BCUT2D eigenvalue weighted by atomic mass is 10.3. The van der Waals surface area contributed by atoms with Crippen LogP contribution < -0.4 is 10.2 Å². The molecule has 31 heavy (non-hydrogen) atoms. The minimum atomic E-state index is 0.375. The Balaban J connectivity index is 0.000000379. The number of carbonyl (C=O) groups excluding carboxylic acids is 1. The average Bonchev–Trinajstić information content (AvgIpc) is 3.23. The van der Waals surface area contributed by atoms with E-state index in [1.165, 1.54) is 38.5 Å². The topological polar surface area (TPSA) is 100 Å². The summed E-state index contributed by atoms with van der Waals surface area (Å²) in [7, 11) is 1.31. The average molecular weight is 422 g/mol. The molecule has 2 fully saturated rings. The molecular formula is C22H27N7O2. The Morgan fingerprint density at radius 3 is 2.52 bits per heavy atom. The van der Waals surface area contributed by atoms with E-state index in [4.69, 9.17) is 9.78 Å². The molecule has 2 aliphatic rings. The molecule has 1 aliphatic heterocycles. The predicted molar refractivity (Wildman–Crippen MR) is 121 cm³/mol. The number of methoxy groups -OCH3 is 1. The first-order valence-electron chi connectivity index (χ1n) is 9.84. The van der Waals surface area contributed by atoms with Crippen LogP contribution in [0.5, 0.6) is 0 Å². The van der Waals surface area contributed by atoms with Gasteiger partial charge in [-0.2, -0.15) is 10.1 Å². The lowest BCUT2D eigenvalue weighted by molar-refractivity contribution is -0.126. The van der Waals surface area contributed by atoms with Crippen LogP contribution in [0.25, 0.3) is 5.52 Å². The van der Waals surface area contributed by atoms with Crippen LogP contribution in [0.4, 0.5) is 17.6 Å². The number of hydrogen-bond acceptors (Lipinski definition) is 7. The molecule has 3 aromatic rings. The number of H-pyrrole nitrogens is 1. The number of aromatic amines is 1. The van der Waals surface area contributed by atoms with Crippen molar-refractivity contribution in [3.05, 3.63) is 30.1 Å². The van der Waals surface area contributed by atoms with Gasteiger partial charge in [-0.1, -0.05) is 0 Å². The summed E-state index contributed by atoms with van der Waals surface area (Å²) in [6, 6.07) is 6.10. The minimum Gasteiger partial charge on any atom is -0.471 e. The third kappa shape index (κ3) is 6.00. The second kappa shape index (κ2) is 11.9. The molecule has 0 bridgehead atoms. The van der Waals surface area contributed by atoms with Crippen molar-refractivity contribution in [3.63, 3.8) is 0 Å². The normalized spacial score (nSPS) is 14.2. The molecular weight excluding hydrogens is 394 g/mol. The summed E-state index contributed by atoms with van der Waals surface area (Å²) in [4.78, 5) is 15.9. The molecule has 4 heterocycles. The maximum atomic E-state index is 8.95. The van der Waals surface area contributed by atoms with Crippen molar-refractivity contribution in [1.29, 1.82) is 0 Å². The van der Waals surface area contributed by atoms with Gasteiger partial charge in [0.25, 0.3) is 6.47 Å². The summed E-state index contributed by atoms with van der Waals surface area (Å²) in [5, 5.41) is 15.5. The first-order valence-corrected chi connectivity index (χ1v) is 9.84. The Labute approximate surface area is 182 Å². The first kappa shape index (κ1) is 23.3. The van der Waals surface area contributed by atoms with Crippen molar-refractivity contribution in [2.75, 3.05) is 30.4 Å². The van der Waals surface area contributed by atoms with E-state index in [-0.39, 0.29) is 0 Å². The van der Waals surface area contributed by atoms with Crippen molar-refractivity contribution >= 4 is 29.6 Å². The van der Waals surface area contributed by atoms with E-state index >= 15 is 0 Å². The van der Waals surface area contributed by atoms with Crippen LogP contribution in [0.3, 0.4) is 0 Å². The predicted octanol–water partition coefficient (Wildman–Crippen LogP) is 2.96. The maximum absolute atomic E-state index is 8.95. The van der Waals surface area contributed by atoms with Crippen LogP contribution in [0.1, 0.15) is 37.3 Å². The molecule has 0 radical (unpaired) electrons. The van der Waals surface area contributed by atoms with E-state index in [0.29, 0.717) is 12.4 Å². The Kier molecular flexibility index (Phi) is 8.93. The summed E-state index contributed by atoms with van der Waals surface area (Å²) in [6.07, 6.45) is 22.9. The van der Waals surface area contributed by atoms with Crippen LogP contribution >= 0.6 is 0 Å². The number of aromatic nitrogens is 5. The zero-order valence-electron chi connectivity index (χ0n) is 17.6. The maximum Gasteiger partial charge on any atom is 0.292 e. The molecule has 2 N–H and O–H groups in total. The summed E-state index contributed by atoms with van der Waals surface area (Å²) in [5.74, 6) is 3.07. The van der Waals surface area contributed by atoms with Crippen molar-refractivity contribution in [2.24, 2.45) is 0 Å². The van der Waals surface area contributed by atoms with Crippen molar-refractivity contribution in [3.8, 4) is 25.7 Å². The number of nitrogens with one attached hydrogen (secondary N) is 2. The van der Waals surface area contributed by atoms with E-state index in [1.807, 2.05) is 22.8 Å². The van der Waals surface area contributed by atoms with Gasteiger partial charge in [0.2, 0.25) is 5.95 Å². The van der Waals surface area contributed by atoms with Crippen LogP contribution in [-0.4, -0.2) is 51.5 Å². The molecule has 0 aromatic carbocycles.